The molecule has 2 aliphatic rings. The second kappa shape index (κ2) is 33.3. The van der Waals surface area contributed by atoms with Crippen molar-refractivity contribution < 1.29 is 36.5 Å². The molecule has 79 heavy (non-hydrogen) atoms. The lowest BCUT2D eigenvalue weighted by Gasteiger charge is -2.39. The molecule has 0 amide bonds. The highest BCUT2D eigenvalue weighted by molar-refractivity contribution is 7.48. The number of H-pyrrole nitrogens is 2. The predicted octanol–water partition coefficient (Wildman–Crippen LogP) is 13.8. The van der Waals surface area contributed by atoms with Gasteiger partial charge in [-0.15, -0.1) is 0 Å². The summed E-state index contributed by atoms with van der Waals surface area (Å²) in [6.07, 6.45) is 24.6. The lowest BCUT2D eigenvalue weighted by molar-refractivity contribution is -0.0581. The van der Waals surface area contributed by atoms with E-state index in [1.54, 1.807) is 13.8 Å². The Morgan fingerprint density at radius 1 is 0.570 bits per heavy atom. The van der Waals surface area contributed by atoms with Crippen LogP contribution in [0.25, 0.3) is 0 Å². The number of aryl methyl sites for hydroxylation is 2. The van der Waals surface area contributed by atoms with Crippen LogP contribution in [0.2, 0.25) is 36.3 Å². The Balaban J connectivity index is 1.60. The van der Waals surface area contributed by atoms with Crippen LogP contribution in [0.3, 0.4) is 0 Å². The van der Waals surface area contributed by atoms with Crippen LogP contribution in [0.4, 0.5) is 0 Å². The quantitative estimate of drug-likeness (QED) is 0.0365. The van der Waals surface area contributed by atoms with Crippen molar-refractivity contribution in [3.8, 4) is 0 Å². The fraction of sp³-hybridized carbons (Fsp3) is 0.864. The molecule has 17 nitrogen and oxygen atoms in total. The van der Waals surface area contributed by atoms with E-state index in [9.17, 15) is 19.2 Å². The van der Waals surface area contributed by atoms with E-state index in [1.165, 1.54) is 137 Å². The van der Waals surface area contributed by atoms with Crippen LogP contribution in [0.5, 0.6) is 0 Å². The summed E-state index contributed by atoms with van der Waals surface area (Å²) in [7, 11) is -9.32. The molecule has 4 rings (SSSR count). The summed E-state index contributed by atoms with van der Waals surface area (Å²) in [5.41, 5.74) is -1.54. The Morgan fingerprint density at radius 3 is 1.39 bits per heavy atom. The van der Waals surface area contributed by atoms with Crippen molar-refractivity contribution in [3.63, 3.8) is 0 Å². The summed E-state index contributed by atoms with van der Waals surface area (Å²) in [6, 6.07) is 0. The maximum atomic E-state index is 15.6. The molecule has 2 aliphatic heterocycles. The first kappa shape index (κ1) is 69.2. The first-order valence-electron chi connectivity index (χ1n) is 30.8. The highest BCUT2D eigenvalue weighted by Gasteiger charge is 2.49. The van der Waals surface area contributed by atoms with Gasteiger partial charge in [0.2, 0.25) is 0 Å². The predicted molar refractivity (Wildman–Crippen MR) is 324 cm³/mol. The summed E-state index contributed by atoms with van der Waals surface area (Å²) in [5, 5.41) is -0.308. The van der Waals surface area contributed by atoms with Crippen LogP contribution >= 0.6 is 7.82 Å². The highest BCUT2D eigenvalue weighted by Crippen LogP contribution is 2.54. The average molecular weight is 1170 g/mol. The Labute approximate surface area is 477 Å². The van der Waals surface area contributed by atoms with Crippen molar-refractivity contribution in [3.05, 3.63) is 65.2 Å². The third kappa shape index (κ3) is 23.0. The van der Waals surface area contributed by atoms with E-state index >= 15 is 4.57 Å². The number of hydrogen-bond donors (Lipinski definition) is 2. The Kier molecular flexibility index (Phi) is 29.1. The molecule has 4 heterocycles. The lowest BCUT2D eigenvalue weighted by Crippen LogP contribution is -2.46. The van der Waals surface area contributed by atoms with Crippen LogP contribution in [-0.4, -0.2) is 105 Å². The molecule has 1 unspecified atom stereocenters. The fourth-order valence-corrected chi connectivity index (χ4v) is 13.6. The van der Waals surface area contributed by atoms with E-state index in [2.05, 4.69) is 96.4 Å². The number of phosphoric acid groups is 1. The zero-order valence-corrected chi connectivity index (χ0v) is 54.7. The topological polar surface area (TPSA) is 195 Å². The number of nitrogens with zero attached hydrogens (tertiary/aromatic N) is 3. The second-order valence-corrected chi connectivity index (χ2v) is 37.1. The Bertz CT molecular complexity index is 2350. The molecule has 0 saturated carbocycles. The van der Waals surface area contributed by atoms with Gasteiger partial charge in [-0.3, -0.25) is 42.3 Å². The normalized spacial score (nSPS) is 21.2. The second-order valence-electron chi connectivity index (χ2n) is 26.0. The van der Waals surface area contributed by atoms with E-state index in [-0.39, 0.29) is 42.7 Å². The highest BCUT2D eigenvalue weighted by atomic mass is 31.2. The van der Waals surface area contributed by atoms with Gasteiger partial charge in [0.15, 0.2) is 16.6 Å². The third-order valence-electron chi connectivity index (χ3n) is 17.1. The maximum absolute atomic E-state index is 15.6. The van der Waals surface area contributed by atoms with Crippen LogP contribution < -0.4 is 22.5 Å². The summed E-state index contributed by atoms with van der Waals surface area (Å²) in [5.74, 6) is 0. The number of nitrogens with one attached hydrogen (secondary N) is 2. The minimum absolute atomic E-state index is 0.0761. The number of unbranched alkanes of at least 4 members (excludes halogenated alkanes) is 18. The van der Waals surface area contributed by atoms with Crippen molar-refractivity contribution in [2.45, 2.75) is 290 Å². The molecular weight excluding hydrogens is 1060 g/mol. The SMILES string of the molecule is CCCCCCCCCCCCN(CCCCCCCCCCCC)CCCOP(=O)(OC[C@H]1O[C@@H](n2cc(C)c(=O)[nH]c2=O)C[C@@H]1O[Si](C)(C)C(C)(C)C)O[C@H]1C[C@H](n2cc(C)c(=O)[nH]c2=O)O[C@@H]1CO[Si](C)(C)C(C)(C)C. The van der Waals surface area contributed by atoms with E-state index in [0.717, 1.165) is 32.5 Å². The molecule has 7 atom stereocenters. The molecule has 2 saturated heterocycles. The minimum Gasteiger partial charge on any atom is -0.414 e. The molecule has 2 aromatic rings. The summed E-state index contributed by atoms with van der Waals surface area (Å²) in [6.45, 7) is 31.8. The molecule has 2 aromatic heterocycles. The van der Waals surface area contributed by atoms with E-state index in [0.29, 0.717) is 17.5 Å². The van der Waals surface area contributed by atoms with E-state index in [1.807, 2.05) is 0 Å². The van der Waals surface area contributed by atoms with Crippen molar-refractivity contribution in [1.29, 1.82) is 0 Å². The van der Waals surface area contributed by atoms with E-state index in [4.69, 9.17) is 31.9 Å². The van der Waals surface area contributed by atoms with Gasteiger partial charge in [-0.2, -0.15) is 0 Å². The smallest absolute Gasteiger partial charge is 0.414 e. The lowest BCUT2D eigenvalue weighted by atomic mass is 10.1. The zero-order chi connectivity index (χ0) is 58.4. The van der Waals surface area contributed by atoms with Gasteiger partial charge in [0.1, 0.15) is 30.8 Å². The van der Waals surface area contributed by atoms with Crippen LogP contribution in [0.1, 0.15) is 227 Å². The third-order valence-corrected chi connectivity index (χ3v) is 27.6. The van der Waals surface area contributed by atoms with Gasteiger partial charge in [-0.25, -0.2) is 14.2 Å². The van der Waals surface area contributed by atoms with Crippen molar-refractivity contribution in [2.24, 2.45) is 0 Å². The standard InChI is InChI=1S/C59H110N5O12PSi2/c1-15-17-19-21-23-25-27-29-31-33-36-62(37-34-32-30-28-26-24-22-20-18-16-2)38-35-39-70-77(69,71-44-50-49(76-79(13,14)59(8,9)10)41-53(73-50)64-43-47(4)55(66)61-57(64)68)75-48-40-52(63-42-46(3)54(65)60-56(63)67)74-51(48)45-72-78(11,12)58(5,6)7/h42-43,48-53H,15-41,44-45H2,1-14H3,(H,60,65,67)(H,61,66,68)/t48-,49-,50+,51+,52+,53+,77?/m0/s1. The molecular formula is C59H110N5O12PSi2. The molecule has 0 radical (unpaired) electrons. The molecule has 0 aromatic carbocycles. The van der Waals surface area contributed by atoms with Gasteiger partial charge in [-0.1, -0.05) is 171 Å². The average Bonchev–Trinajstić information content (AvgIpc) is 3.97. The monoisotopic (exact) mass is 1170 g/mol. The van der Waals surface area contributed by atoms with E-state index < -0.39 is 83.8 Å². The van der Waals surface area contributed by atoms with Crippen LogP contribution in [0.15, 0.2) is 31.6 Å². The maximum Gasteiger partial charge on any atom is 0.475 e. The number of phosphoric ester groups is 1. The van der Waals surface area contributed by atoms with Gasteiger partial charge in [0.05, 0.1) is 25.9 Å². The van der Waals surface area contributed by atoms with Gasteiger partial charge in [0, 0.05) is 42.9 Å². The summed E-state index contributed by atoms with van der Waals surface area (Å²) in [4.78, 5) is 58.8. The molecule has 0 aliphatic carbocycles. The summed E-state index contributed by atoms with van der Waals surface area (Å²) >= 11 is 0. The molecule has 20 heteroatoms. The van der Waals surface area contributed by atoms with Gasteiger partial charge < -0.3 is 23.2 Å². The van der Waals surface area contributed by atoms with Gasteiger partial charge >= 0.3 is 19.2 Å². The Morgan fingerprint density at radius 2 is 0.962 bits per heavy atom. The van der Waals surface area contributed by atoms with Crippen LogP contribution in [0, 0.1) is 13.8 Å². The first-order valence-corrected chi connectivity index (χ1v) is 38.0. The molecule has 2 N–H and O–H groups in total. The molecule has 456 valence electrons. The molecule has 0 spiro atoms. The summed E-state index contributed by atoms with van der Waals surface area (Å²) < 4.78 is 64.6. The number of rotatable bonds is 39. The van der Waals surface area contributed by atoms with Crippen molar-refractivity contribution in [1.82, 2.24) is 24.0 Å². The van der Waals surface area contributed by atoms with Gasteiger partial charge in [-0.05, 0) is 82.5 Å². The molecule has 2 fully saturated rings. The zero-order valence-electron chi connectivity index (χ0n) is 51.8. The minimum atomic E-state index is -4.51. The number of aromatic amines is 2. The van der Waals surface area contributed by atoms with Crippen molar-refractivity contribution in [2.75, 3.05) is 39.5 Å². The number of hydrogen-bond acceptors (Lipinski definition) is 13. The molecule has 0 bridgehead atoms. The first-order chi connectivity index (χ1) is 37.2. The number of ether oxygens (including phenoxy) is 2. The van der Waals surface area contributed by atoms with Crippen molar-refractivity contribution >= 4 is 24.5 Å². The largest absolute Gasteiger partial charge is 0.475 e. The Hall–Kier alpha value is -2.30. The number of aromatic nitrogens is 4. The van der Waals surface area contributed by atoms with Gasteiger partial charge in [0.25, 0.3) is 11.1 Å². The fourth-order valence-electron chi connectivity index (χ4n) is 9.81. The van der Waals surface area contributed by atoms with Crippen LogP contribution in [-0.2, 0) is 36.5 Å².